The molecule has 0 spiro atoms. The minimum Gasteiger partial charge on any atom is -0.390 e. The summed E-state index contributed by atoms with van der Waals surface area (Å²) in [6, 6.07) is 16.9. The van der Waals surface area contributed by atoms with E-state index in [1.54, 1.807) is 0 Å². The Kier molecular flexibility index (Phi) is 11.7. The van der Waals surface area contributed by atoms with Crippen LogP contribution in [-0.2, 0) is 19.5 Å². The monoisotopic (exact) mass is 675 g/mol. The van der Waals surface area contributed by atoms with Crippen molar-refractivity contribution >= 4 is 28.5 Å². The van der Waals surface area contributed by atoms with Crippen molar-refractivity contribution in [1.82, 2.24) is 15.5 Å². The maximum absolute atomic E-state index is 14.0. The number of aliphatic hydroxyl groups is 1. The van der Waals surface area contributed by atoms with Crippen molar-refractivity contribution < 1.29 is 18.7 Å². The molecule has 0 radical (unpaired) electrons. The van der Waals surface area contributed by atoms with Gasteiger partial charge in [0.15, 0.2) is 0 Å². The maximum atomic E-state index is 14.0. The zero-order chi connectivity index (χ0) is 29.4. The van der Waals surface area contributed by atoms with Crippen molar-refractivity contribution in [3.05, 3.63) is 104 Å². The Labute approximate surface area is 255 Å². The molecule has 0 bridgehead atoms. The van der Waals surface area contributed by atoms with Gasteiger partial charge in [0.05, 0.1) is 12.1 Å². The molecule has 41 heavy (non-hydrogen) atoms. The molecule has 1 saturated carbocycles. The molecular weight excluding hydrogens is 635 g/mol. The number of amides is 1. The number of carbonyl (C=O) groups excluding carboxylic acids is 1. The molecule has 3 N–H and O–H groups in total. The van der Waals surface area contributed by atoms with E-state index < -0.39 is 23.8 Å². The number of benzene rings is 3. The predicted molar refractivity (Wildman–Crippen MR) is 168 cm³/mol. The van der Waals surface area contributed by atoms with E-state index in [4.69, 9.17) is 0 Å². The van der Waals surface area contributed by atoms with Crippen molar-refractivity contribution in [2.24, 2.45) is 0 Å². The lowest BCUT2D eigenvalue weighted by Gasteiger charge is -2.31. The van der Waals surface area contributed by atoms with Crippen molar-refractivity contribution in [3.63, 3.8) is 0 Å². The second-order valence-electron chi connectivity index (χ2n) is 11.3. The molecule has 4 rings (SSSR count). The van der Waals surface area contributed by atoms with E-state index >= 15 is 0 Å². The van der Waals surface area contributed by atoms with Gasteiger partial charge in [-0.15, -0.1) is 0 Å². The Balaban J connectivity index is 1.47. The normalized spacial score (nSPS) is 15.6. The fraction of sp³-hybridized carbons (Fsp3) is 0.424. The Morgan fingerprint density at radius 3 is 2.44 bits per heavy atom. The molecule has 3 aromatic carbocycles. The second-order valence-corrected chi connectivity index (χ2v) is 12.5. The molecule has 0 saturated heterocycles. The fourth-order valence-corrected chi connectivity index (χ4v) is 6.30. The molecule has 1 amide bonds. The van der Waals surface area contributed by atoms with E-state index in [1.165, 1.54) is 44.2 Å². The molecule has 5 nitrogen and oxygen atoms in total. The van der Waals surface area contributed by atoms with E-state index in [9.17, 15) is 18.7 Å². The Morgan fingerprint density at radius 2 is 1.73 bits per heavy atom. The van der Waals surface area contributed by atoms with Gasteiger partial charge in [-0.1, -0.05) is 43.0 Å². The molecule has 220 valence electrons. The van der Waals surface area contributed by atoms with E-state index in [0.717, 1.165) is 32.9 Å². The Hall–Kier alpha value is -2.40. The van der Waals surface area contributed by atoms with Crippen LogP contribution in [0.3, 0.4) is 0 Å². The quantitative estimate of drug-likeness (QED) is 0.202. The summed E-state index contributed by atoms with van der Waals surface area (Å²) in [5.74, 6) is -1.71. The predicted octanol–water partition coefficient (Wildman–Crippen LogP) is 6.13. The molecule has 3 aromatic rings. The van der Waals surface area contributed by atoms with E-state index in [2.05, 4.69) is 57.3 Å². The summed E-state index contributed by atoms with van der Waals surface area (Å²) in [4.78, 5) is 15.9. The Morgan fingerprint density at radius 1 is 1.00 bits per heavy atom. The average molecular weight is 676 g/mol. The molecule has 1 fully saturated rings. The zero-order valence-corrected chi connectivity index (χ0v) is 26.0. The largest absolute Gasteiger partial charge is 0.390 e. The highest BCUT2D eigenvalue weighted by molar-refractivity contribution is 14.1. The van der Waals surface area contributed by atoms with E-state index in [0.29, 0.717) is 23.7 Å². The number of rotatable bonds is 12. The van der Waals surface area contributed by atoms with E-state index in [1.807, 2.05) is 37.3 Å². The van der Waals surface area contributed by atoms with Crippen LogP contribution in [0.5, 0.6) is 0 Å². The van der Waals surface area contributed by atoms with Gasteiger partial charge in [0, 0.05) is 40.9 Å². The van der Waals surface area contributed by atoms with Crippen LogP contribution < -0.4 is 10.6 Å². The molecule has 0 heterocycles. The smallest absolute Gasteiger partial charge is 0.251 e. The number of carbonyl (C=O) groups is 1. The summed E-state index contributed by atoms with van der Waals surface area (Å²) in [6.45, 7) is 3.46. The third-order valence-electron chi connectivity index (χ3n) is 7.76. The third kappa shape index (κ3) is 9.84. The van der Waals surface area contributed by atoms with Crippen LogP contribution in [0.15, 0.2) is 60.7 Å². The second kappa shape index (κ2) is 15.2. The number of hydrogen-bond donors (Lipinski definition) is 3. The fourth-order valence-electron chi connectivity index (χ4n) is 5.70. The van der Waals surface area contributed by atoms with Gasteiger partial charge >= 0.3 is 0 Å². The van der Waals surface area contributed by atoms with Crippen LogP contribution in [0.4, 0.5) is 8.78 Å². The topological polar surface area (TPSA) is 64.6 Å². The highest BCUT2D eigenvalue weighted by atomic mass is 127. The van der Waals surface area contributed by atoms with Crippen molar-refractivity contribution in [1.29, 1.82) is 0 Å². The lowest BCUT2D eigenvalue weighted by molar-refractivity contribution is 0.0829. The van der Waals surface area contributed by atoms with Gasteiger partial charge in [0.25, 0.3) is 5.91 Å². The lowest BCUT2D eigenvalue weighted by atomic mass is 9.94. The lowest BCUT2D eigenvalue weighted by Crippen LogP contribution is -2.48. The first-order valence-corrected chi connectivity index (χ1v) is 15.4. The van der Waals surface area contributed by atoms with Gasteiger partial charge in [0.1, 0.15) is 11.6 Å². The molecule has 8 heteroatoms. The van der Waals surface area contributed by atoms with Gasteiger partial charge in [-0.2, -0.15) is 0 Å². The molecule has 0 aromatic heterocycles. The summed E-state index contributed by atoms with van der Waals surface area (Å²) >= 11 is 2.25. The van der Waals surface area contributed by atoms with Gasteiger partial charge in [-0.05, 0) is 109 Å². The number of aryl methyl sites for hydroxylation is 1. The van der Waals surface area contributed by atoms with Crippen molar-refractivity contribution in [3.8, 4) is 0 Å². The number of nitrogens with one attached hydrogen (secondary N) is 2. The van der Waals surface area contributed by atoms with Crippen LogP contribution in [0, 0.1) is 22.1 Å². The highest BCUT2D eigenvalue weighted by Crippen LogP contribution is 2.23. The summed E-state index contributed by atoms with van der Waals surface area (Å²) < 4.78 is 29.0. The molecule has 1 aliphatic carbocycles. The van der Waals surface area contributed by atoms with Crippen LogP contribution >= 0.6 is 22.6 Å². The van der Waals surface area contributed by atoms with Crippen molar-refractivity contribution in [2.45, 2.75) is 76.7 Å². The third-order valence-corrected chi connectivity index (χ3v) is 8.43. The molecule has 0 aliphatic heterocycles. The standard InChI is InChI=1S/C33H40F2IN3O2/c1-22-11-25(21-39(2)30-9-4-3-5-10-30)13-26(12-22)33(41)38-31(17-24-14-27(34)18-28(35)15-24)32(40)20-37-19-23-7-6-8-29(36)16-23/h6-8,11-16,18,30-32,37,40H,3-5,9-10,17,19-21H2,1-2H3,(H,38,41). The van der Waals surface area contributed by atoms with Crippen LogP contribution in [0.2, 0.25) is 0 Å². The van der Waals surface area contributed by atoms with Crippen LogP contribution in [-0.4, -0.2) is 47.7 Å². The molecule has 2 unspecified atom stereocenters. The first kappa shape index (κ1) is 31.5. The van der Waals surface area contributed by atoms with Crippen LogP contribution in [0.25, 0.3) is 0 Å². The molecular formula is C33H40F2IN3O2. The maximum Gasteiger partial charge on any atom is 0.251 e. The summed E-state index contributed by atoms with van der Waals surface area (Å²) in [6.07, 6.45) is 5.31. The SMILES string of the molecule is Cc1cc(CN(C)C2CCCCC2)cc(C(=O)NC(Cc2cc(F)cc(F)c2)C(O)CNCc2cccc(I)c2)c1. The number of nitrogens with zero attached hydrogens (tertiary/aromatic N) is 1. The molecule has 2 atom stereocenters. The first-order valence-electron chi connectivity index (χ1n) is 14.4. The zero-order valence-electron chi connectivity index (χ0n) is 23.8. The number of aliphatic hydroxyl groups excluding tert-OH is 1. The first-order chi connectivity index (χ1) is 19.7. The summed E-state index contributed by atoms with van der Waals surface area (Å²) in [5, 5.41) is 17.3. The summed E-state index contributed by atoms with van der Waals surface area (Å²) in [5.41, 5.74) is 3.98. The van der Waals surface area contributed by atoms with Gasteiger partial charge in [-0.3, -0.25) is 9.69 Å². The van der Waals surface area contributed by atoms with Crippen molar-refractivity contribution in [2.75, 3.05) is 13.6 Å². The van der Waals surface area contributed by atoms with Gasteiger partial charge in [-0.25, -0.2) is 8.78 Å². The highest BCUT2D eigenvalue weighted by Gasteiger charge is 2.24. The number of halogens is 3. The van der Waals surface area contributed by atoms with Gasteiger partial charge < -0.3 is 15.7 Å². The number of hydrogen-bond acceptors (Lipinski definition) is 4. The summed E-state index contributed by atoms with van der Waals surface area (Å²) in [7, 11) is 2.14. The van der Waals surface area contributed by atoms with Crippen LogP contribution in [0.1, 0.15) is 64.7 Å². The minimum atomic E-state index is -0.991. The average Bonchev–Trinajstić information content (AvgIpc) is 2.92. The van der Waals surface area contributed by atoms with Gasteiger partial charge in [0.2, 0.25) is 0 Å². The minimum absolute atomic E-state index is 0.0790. The van der Waals surface area contributed by atoms with E-state index in [-0.39, 0.29) is 18.9 Å². The Bertz CT molecular complexity index is 1300. The molecule has 1 aliphatic rings.